The minimum atomic E-state index is -0.228. The van der Waals surface area contributed by atoms with E-state index in [1.165, 1.54) is 0 Å². The smallest absolute Gasteiger partial charge is 0.252 e. The Hall–Kier alpha value is -2.80. The summed E-state index contributed by atoms with van der Waals surface area (Å²) in [5.41, 5.74) is 2.98. The molecule has 0 aliphatic carbocycles. The highest BCUT2D eigenvalue weighted by Gasteiger charge is 2.22. The molecule has 1 atom stereocenters. The molecule has 0 saturated heterocycles. The zero-order chi connectivity index (χ0) is 19.7. The molecule has 4 aromatic rings. The van der Waals surface area contributed by atoms with Gasteiger partial charge in [0.2, 0.25) is 0 Å². The fraction of sp³-hybridized carbons (Fsp3) is 0.238. The average molecular weight is 438 g/mol. The molecule has 0 fully saturated rings. The molecule has 7 heteroatoms. The first-order valence-corrected chi connectivity index (χ1v) is 10.0. The van der Waals surface area contributed by atoms with Gasteiger partial charge < -0.3 is 5.32 Å². The average Bonchev–Trinajstić information content (AvgIpc) is 3.10. The maximum absolute atomic E-state index is 13.2. The van der Waals surface area contributed by atoms with E-state index in [-0.39, 0.29) is 11.9 Å². The Morgan fingerprint density at radius 1 is 1.21 bits per heavy atom. The fourth-order valence-electron chi connectivity index (χ4n) is 3.41. The van der Waals surface area contributed by atoms with Crippen LogP contribution in [0.4, 0.5) is 0 Å². The van der Waals surface area contributed by atoms with Crippen LogP contribution in [-0.4, -0.2) is 25.5 Å². The molecule has 142 valence electrons. The van der Waals surface area contributed by atoms with E-state index in [1.807, 2.05) is 60.0 Å². The van der Waals surface area contributed by atoms with Crippen LogP contribution in [0.25, 0.3) is 16.6 Å². The molecule has 0 aliphatic rings. The van der Waals surface area contributed by atoms with Crippen LogP contribution in [0.2, 0.25) is 0 Å². The van der Waals surface area contributed by atoms with Crippen LogP contribution in [0, 0.1) is 6.92 Å². The van der Waals surface area contributed by atoms with E-state index in [0.717, 1.165) is 45.4 Å². The second-order valence-corrected chi connectivity index (χ2v) is 7.69. The zero-order valence-electron chi connectivity index (χ0n) is 15.7. The van der Waals surface area contributed by atoms with Crippen molar-refractivity contribution in [2.75, 3.05) is 0 Å². The van der Waals surface area contributed by atoms with Gasteiger partial charge >= 0.3 is 0 Å². The largest absolute Gasteiger partial charge is 0.342 e. The summed E-state index contributed by atoms with van der Waals surface area (Å²) in [5.74, 6) is 0.604. The SMILES string of the molecule is CCCC(NC(=O)c1cc(C)nc2cc(Br)ccc12)c1nnc2ccccn12. The molecule has 3 heterocycles. The highest BCUT2D eigenvalue weighted by atomic mass is 79.9. The first-order valence-electron chi connectivity index (χ1n) is 9.24. The quantitative estimate of drug-likeness (QED) is 0.494. The van der Waals surface area contributed by atoms with Gasteiger partial charge in [0.05, 0.1) is 17.1 Å². The van der Waals surface area contributed by atoms with E-state index in [2.05, 4.69) is 43.4 Å². The number of nitrogens with zero attached hydrogens (tertiary/aromatic N) is 4. The Bertz CT molecular complexity index is 1160. The maximum atomic E-state index is 13.2. The summed E-state index contributed by atoms with van der Waals surface area (Å²) in [7, 11) is 0. The van der Waals surface area contributed by atoms with Gasteiger partial charge in [-0.25, -0.2) is 0 Å². The Kier molecular flexibility index (Phi) is 5.09. The topological polar surface area (TPSA) is 72.2 Å². The number of carbonyl (C=O) groups excluding carboxylic acids is 1. The highest BCUT2D eigenvalue weighted by molar-refractivity contribution is 9.10. The third kappa shape index (κ3) is 3.49. The summed E-state index contributed by atoms with van der Waals surface area (Å²) in [6.45, 7) is 3.98. The number of rotatable bonds is 5. The van der Waals surface area contributed by atoms with E-state index >= 15 is 0 Å². The van der Waals surface area contributed by atoms with Gasteiger partial charge in [0, 0.05) is 21.7 Å². The summed E-state index contributed by atoms with van der Waals surface area (Å²) >= 11 is 3.47. The van der Waals surface area contributed by atoms with Crippen molar-refractivity contribution < 1.29 is 4.79 Å². The third-order valence-electron chi connectivity index (χ3n) is 4.68. The number of aryl methyl sites for hydroxylation is 1. The zero-order valence-corrected chi connectivity index (χ0v) is 17.3. The van der Waals surface area contributed by atoms with Crippen LogP contribution < -0.4 is 5.32 Å². The van der Waals surface area contributed by atoms with Gasteiger partial charge in [0.1, 0.15) is 0 Å². The van der Waals surface area contributed by atoms with Crippen molar-refractivity contribution in [1.29, 1.82) is 0 Å². The van der Waals surface area contributed by atoms with Crippen molar-refractivity contribution >= 4 is 38.4 Å². The lowest BCUT2D eigenvalue weighted by Gasteiger charge is -2.17. The highest BCUT2D eigenvalue weighted by Crippen LogP contribution is 2.24. The summed E-state index contributed by atoms with van der Waals surface area (Å²) in [6.07, 6.45) is 3.60. The lowest BCUT2D eigenvalue weighted by atomic mass is 10.1. The summed E-state index contributed by atoms with van der Waals surface area (Å²) in [4.78, 5) is 17.8. The van der Waals surface area contributed by atoms with Crippen LogP contribution in [0.5, 0.6) is 0 Å². The number of pyridine rings is 2. The first kappa shape index (κ1) is 18.6. The van der Waals surface area contributed by atoms with Crippen LogP contribution in [-0.2, 0) is 0 Å². The molecule has 28 heavy (non-hydrogen) atoms. The van der Waals surface area contributed by atoms with Crippen LogP contribution in [0.3, 0.4) is 0 Å². The van der Waals surface area contributed by atoms with Crippen molar-refractivity contribution in [2.24, 2.45) is 0 Å². The Morgan fingerprint density at radius 2 is 2.07 bits per heavy atom. The molecule has 1 unspecified atom stereocenters. The maximum Gasteiger partial charge on any atom is 0.252 e. The fourth-order valence-corrected chi connectivity index (χ4v) is 3.76. The van der Waals surface area contributed by atoms with Crippen molar-refractivity contribution in [3.05, 3.63) is 70.2 Å². The summed E-state index contributed by atoms with van der Waals surface area (Å²) < 4.78 is 2.86. The number of hydrogen-bond donors (Lipinski definition) is 1. The molecular weight excluding hydrogens is 418 g/mol. The number of amides is 1. The minimum Gasteiger partial charge on any atom is -0.342 e. The molecule has 0 aliphatic heterocycles. The third-order valence-corrected chi connectivity index (χ3v) is 5.17. The number of nitrogens with one attached hydrogen (secondary N) is 1. The van der Waals surface area contributed by atoms with E-state index in [9.17, 15) is 4.79 Å². The number of fused-ring (bicyclic) bond motifs is 2. The van der Waals surface area contributed by atoms with Crippen molar-refractivity contribution in [3.8, 4) is 0 Å². The Labute approximate surface area is 171 Å². The minimum absolute atomic E-state index is 0.135. The van der Waals surface area contributed by atoms with Gasteiger partial charge in [0.25, 0.3) is 5.91 Å². The molecule has 0 radical (unpaired) electrons. The van der Waals surface area contributed by atoms with Crippen molar-refractivity contribution in [3.63, 3.8) is 0 Å². The standard InChI is InChI=1S/C21H20BrN5O/c1-3-6-17(20-26-25-19-7-4-5-10-27(19)20)24-21(28)16-11-13(2)23-18-12-14(22)8-9-15(16)18/h4-5,7-12,17H,3,6H2,1-2H3,(H,24,28). The number of carbonyl (C=O) groups is 1. The molecule has 4 rings (SSSR count). The first-order chi connectivity index (χ1) is 13.6. The van der Waals surface area contributed by atoms with E-state index in [0.29, 0.717) is 5.56 Å². The molecule has 0 spiro atoms. The molecule has 1 amide bonds. The Balaban J connectivity index is 1.72. The van der Waals surface area contributed by atoms with E-state index in [1.54, 1.807) is 0 Å². The van der Waals surface area contributed by atoms with E-state index in [4.69, 9.17) is 0 Å². The molecular formula is C21H20BrN5O. The molecule has 6 nitrogen and oxygen atoms in total. The van der Waals surface area contributed by atoms with Gasteiger partial charge in [-0.1, -0.05) is 41.4 Å². The lowest BCUT2D eigenvalue weighted by Crippen LogP contribution is -2.30. The van der Waals surface area contributed by atoms with Gasteiger partial charge in [-0.3, -0.25) is 14.2 Å². The van der Waals surface area contributed by atoms with E-state index < -0.39 is 0 Å². The number of halogens is 1. The Morgan fingerprint density at radius 3 is 2.89 bits per heavy atom. The second kappa shape index (κ2) is 7.67. The van der Waals surface area contributed by atoms with Crippen molar-refractivity contribution in [1.82, 2.24) is 24.9 Å². The molecule has 0 bridgehead atoms. The predicted molar refractivity (Wildman–Crippen MR) is 112 cm³/mol. The molecule has 3 aromatic heterocycles. The number of aromatic nitrogens is 4. The van der Waals surface area contributed by atoms with Gasteiger partial charge in [0.15, 0.2) is 11.5 Å². The van der Waals surface area contributed by atoms with Crippen LogP contribution >= 0.6 is 15.9 Å². The van der Waals surface area contributed by atoms with Gasteiger partial charge in [-0.2, -0.15) is 0 Å². The number of hydrogen-bond acceptors (Lipinski definition) is 4. The lowest BCUT2D eigenvalue weighted by molar-refractivity contribution is 0.0934. The van der Waals surface area contributed by atoms with Gasteiger partial charge in [-0.15, -0.1) is 10.2 Å². The van der Waals surface area contributed by atoms with Gasteiger partial charge in [-0.05, 0) is 43.7 Å². The van der Waals surface area contributed by atoms with Crippen molar-refractivity contribution in [2.45, 2.75) is 32.7 Å². The molecule has 1 aromatic carbocycles. The normalized spacial score (nSPS) is 12.4. The summed E-state index contributed by atoms with van der Waals surface area (Å²) in [5, 5.41) is 12.5. The summed E-state index contributed by atoms with van der Waals surface area (Å²) in [6, 6.07) is 13.1. The monoisotopic (exact) mass is 437 g/mol. The number of benzene rings is 1. The van der Waals surface area contributed by atoms with Crippen LogP contribution in [0.1, 0.15) is 47.7 Å². The second-order valence-electron chi connectivity index (χ2n) is 6.77. The van der Waals surface area contributed by atoms with Crippen LogP contribution in [0.15, 0.2) is 53.1 Å². The molecule has 1 N–H and O–H groups in total. The molecule has 0 saturated carbocycles. The predicted octanol–water partition coefficient (Wildman–Crippen LogP) is 4.62.